The minimum absolute atomic E-state index is 0.0147. The Hall–Kier alpha value is -1.59. The number of carbonyl (C=O) groups excluding carboxylic acids is 2. The van der Waals surface area contributed by atoms with Crippen LogP contribution in [0.4, 0.5) is 5.69 Å². The SMILES string of the molecule is O=C1CC(C(=O)N2CCCC2CN2CCCC2)CN1c1cccc(Cl)c1. The predicted octanol–water partition coefficient (Wildman–Crippen LogP) is 2.78. The smallest absolute Gasteiger partial charge is 0.228 e. The number of rotatable bonds is 4. The Labute approximate surface area is 159 Å². The number of hydrogen-bond donors (Lipinski definition) is 0. The van der Waals surface area contributed by atoms with Gasteiger partial charge in [-0.25, -0.2) is 0 Å². The number of halogens is 1. The van der Waals surface area contributed by atoms with Crippen molar-refractivity contribution in [2.24, 2.45) is 5.92 Å². The van der Waals surface area contributed by atoms with Gasteiger partial charge in [-0.05, 0) is 57.0 Å². The molecule has 2 atom stereocenters. The summed E-state index contributed by atoms with van der Waals surface area (Å²) in [7, 11) is 0. The van der Waals surface area contributed by atoms with E-state index in [4.69, 9.17) is 11.6 Å². The van der Waals surface area contributed by atoms with Crippen LogP contribution in [0.15, 0.2) is 24.3 Å². The average molecular weight is 376 g/mol. The molecule has 140 valence electrons. The van der Waals surface area contributed by atoms with Gasteiger partial charge in [-0.15, -0.1) is 0 Å². The van der Waals surface area contributed by atoms with Gasteiger partial charge in [0.1, 0.15) is 0 Å². The molecule has 3 heterocycles. The first-order valence-corrected chi connectivity index (χ1v) is 10.1. The van der Waals surface area contributed by atoms with Gasteiger partial charge >= 0.3 is 0 Å². The lowest BCUT2D eigenvalue weighted by Crippen LogP contribution is -2.45. The first-order valence-electron chi connectivity index (χ1n) is 9.70. The molecule has 1 aromatic rings. The first kappa shape index (κ1) is 17.8. The van der Waals surface area contributed by atoms with Crippen molar-refractivity contribution in [2.45, 2.75) is 38.1 Å². The molecule has 6 heteroatoms. The molecule has 3 aliphatic rings. The van der Waals surface area contributed by atoms with Crippen LogP contribution < -0.4 is 4.90 Å². The summed E-state index contributed by atoms with van der Waals surface area (Å²) < 4.78 is 0. The Morgan fingerprint density at radius 2 is 1.96 bits per heavy atom. The highest BCUT2D eigenvalue weighted by Gasteiger charge is 2.40. The maximum Gasteiger partial charge on any atom is 0.228 e. The number of likely N-dealkylation sites (tertiary alicyclic amines) is 2. The second-order valence-electron chi connectivity index (χ2n) is 7.72. The summed E-state index contributed by atoms with van der Waals surface area (Å²) in [5.41, 5.74) is 0.785. The molecule has 2 unspecified atom stereocenters. The maximum atomic E-state index is 13.1. The van der Waals surface area contributed by atoms with Crippen molar-refractivity contribution in [3.8, 4) is 0 Å². The molecule has 4 rings (SSSR count). The van der Waals surface area contributed by atoms with Crippen LogP contribution in [0.3, 0.4) is 0 Å². The number of amides is 2. The molecule has 3 fully saturated rings. The van der Waals surface area contributed by atoms with E-state index in [0.29, 0.717) is 24.0 Å². The molecule has 0 aromatic heterocycles. The minimum atomic E-state index is -0.236. The summed E-state index contributed by atoms with van der Waals surface area (Å²) >= 11 is 6.06. The molecular weight excluding hydrogens is 350 g/mol. The number of benzene rings is 1. The van der Waals surface area contributed by atoms with E-state index >= 15 is 0 Å². The fourth-order valence-electron chi connectivity index (χ4n) is 4.58. The third-order valence-electron chi connectivity index (χ3n) is 5.92. The average Bonchev–Trinajstić information content (AvgIpc) is 3.36. The lowest BCUT2D eigenvalue weighted by Gasteiger charge is -2.30. The van der Waals surface area contributed by atoms with E-state index in [0.717, 1.165) is 44.7 Å². The van der Waals surface area contributed by atoms with E-state index in [1.54, 1.807) is 17.0 Å². The molecular formula is C20H26ClN3O2. The topological polar surface area (TPSA) is 43.9 Å². The standard InChI is InChI=1S/C20H26ClN3O2/c21-16-5-3-6-17(12-16)24-13-15(11-19(24)25)20(26)23-10-4-7-18(23)14-22-8-1-2-9-22/h3,5-6,12,15,18H,1-2,4,7-11,13-14H2. The zero-order valence-electron chi connectivity index (χ0n) is 15.1. The van der Waals surface area contributed by atoms with E-state index in [1.165, 1.54) is 12.8 Å². The van der Waals surface area contributed by atoms with Gasteiger partial charge in [0.05, 0.1) is 5.92 Å². The van der Waals surface area contributed by atoms with E-state index in [9.17, 15) is 9.59 Å². The van der Waals surface area contributed by atoms with Gasteiger partial charge in [-0.3, -0.25) is 9.59 Å². The zero-order chi connectivity index (χ0) is 18.1. The maximum absolute atomic E-state index is 13.1. The summed E-state index contributed by atoms with van der Waals surface area (Å²) in [5, 5.41) is 0.607. The number of nitrogens with zero attached hydrogens (tertiary/aromatic N) is 3. The summed E-state index contributed by atoms with van der Waals surface area (Å²) in [5.74, 6) is -0.0638. The lowest BCUT2D eigenvalue weighted by atomic mass is 10.1. The Balaban J connectivity index is 1.42. The van der Waals surface area contributed by atoms with Crippen LogP contribution >= 0.6 is 11.6 Å². The highest BCUT2D eigenvalue weighted by atomic mass is 35.5. The van der Waals surface area contributed by atoms with Gasteiger partial charge in [-0.1, -0.05) is 17.7 Å². The van der Waals surface area contributed by atoms with E-state index in [1.807, 2.05) is 12.1 Å². The molecule has 0 aliphatic carbocycles. The Morgan fingerprint density at radius 1 is 1.15 bits per heavy atom. The van der Waals surface area contributed by atoms with E-state index < -0.39 is 0 Å². The van der Waals surface area contributed by atoms with Gasteiger partial charge in [-0.2, -0.15) is 0 Å². The molecule has 1 aromatic carbocycles. The highest BCUT2D eigenvalue weighted by molar-refractivity contribution is 6.31. The first-order chi connectivity index (χ1) is 12.6. The predicted molar refractivity (Wildman–Crippen MR) is 102 cm³/mol. The third kappa shape index (κ3) is 3.60. The van der Waals surface area contributed by atoms with E-state index in [2.05, 4.69) is 9.80 Å². The number of hydrogen-bond acceptors (Lipinski definition) is 3. The van der Waals surface area contributed by atoms with Gasteiger partial charge in [0, 0.05) is 42.8 Å². The molecule has 0 radical (unpaired) electrons. The zero-order valence-corrected chi connectivity index (χ0v) is 15.8. The summed E-state index contributed by atoms with van der Waals surface area (Å²) in [6, 6.07) is 7.62. The fourth-order valence-corrected chi connectivity index (χ4v) is 4.76. The van der Waals surface area contributed by atoms with Crippen LogP contribution in [0.5, 0.6) is 0 Å². The third-order valence-corrected chi connectivity index (χ3v) is 6.16. The monoisotopic (exact) mass is 375 g/mol. The molecule has 0 bridgehead atoms. The Kier molecular flexibility index (Phi) is 5.18. The van der Waals surface area contributed by atoms with Crippen LogP contribution in [-0.2, 0) is 9.59 Å². The normalized spacial score (nSPS) is 26.9. The van der Waals surface area contributed by atoms with Crippen LogP contribution in [0, 0.1) is 5.92 Å². The van der Waals surface area contributed by atoms with Crippen molar-refractivity contribution in [2.75, 3.05) is 37.6 Å². The Bertz CT molecular complexity index is 689. The molecule has 2 amide bonds. The fraction of sp³-hybridized carbons (Fsp3) is 0.600. The van der Waals surface area contributed by atoms with Gasteiger partial charge in [0.25, 0.3) is 0 Å². The van der Waals surface area contributed by atoms with Crippen molar-refractivity contribution < 1.29 is 9.59 Å². The molecule has 0 saturated carbocycles. The Morgan fingerprint density at radius 3 is 2.73 bits per heavy atom. The summed E-state index contributed by atoms with van der Waals surface area (Å²) in [6.45, 7) is 4.60. The van der Waals surface area contributed by atoms with Crippen LogP contribution in [0.25, 0.3) is 0 Å². The van der Waals surface area contributed by atoms with Gasteiger partial charge in [0.2, 0.25) is 11.8 Å². The van der Waals surface area contributed by atoms with Crippen LogP contribution in [0.1, 0.15) is 32.1 Å². The second kappa shape index (κ2) is 7.57. The van der Waals surface area contributed by atoms with Gasteiger partial charge in [0.15, 0.2) is 0 Å². The molecule has 3 aliphatic heterocycles. The molecule has 3 saturated heterocycles. The number of anilines is 1. The van der Waals surface area contributed by atoms with Gasteiger partial charge < -0.3 is 14.7 Å². The number of carbonyl (C=O) groups is 2. The molecule has 5 nitrogen and oxygen atoms in total. The van der Waals surface area contributed by atoms with Crippen LogP contribution in [0.2, 0.25) is 5.02 Å². The minimum Gasteiger partial charge on any atom is -0.338 e. The second-order valence-corrected chi connectivity index (χ2v) is 8.16. The molecule has 0 N–H and O–H groups in total. The van der Waals surface area contributed by atoms with Crippen molar-refractivity contribution in [1.82, 2.24) is 9.80 Å². The lowest BCUT2D eigenvalue weighted by molar-refractivity contribution is -0.136. The van der Waals surface area contributed by atoms with Crippen LogP contribution in [-0.4, -0.2) is 60.4 Å². The largest absolute Gasteiger partial charge is 0.338 e. The quantitative estimate of drug-likeness (QED) is 0.812. The molecule has 0 spiro atoms. The molecule has 26 heavy (non-hydrogen) atoms. The highest BCUT2D eigenvalue weighted by Crippen LogP contribution is 2.30. The van der Waals surface area contributed by atoms with Crippen molar-refractivity contribution in [3.63, 3.8) is 0 Å². The van der Waals surface area contributed by atoms with E-state index in [-0.39, 0.29) is 17.7 Å². The summed E-state index contributed by atoms with van der Waals surface area (Å²) in [4.78, 5) is 31.8. The van der Waals surface area contributed by atoms with Crippen molar-refractivity contribution >= 4 is 29.1 Å². The summed E-state index contributed by atoms with van der Waals surface area (Å²) in [6.07, 6.45) is 5.00. The van der Waals surface area contributed by atoms with Crippen molar-refractivity contribution in [3.05, 3.63) is 29.3 Å². The van der Waals surface area contributed by atoms with Crippen molar-refractivity contribution in [1.29, 1.82) is 0 Å².